The van der Waals surface area contributed by atoms with E-state index in [9.17, 15) is 4.79 Å². The van der Waals surface area contributed by atoms with Gasteiger partial charge in [-0.1, -0.05) is 0 Å². The van der Waals surface area contributed by atoms with Gasteiger partial charge in [-0.25, -0.2) is 0 Å². The lowest BCUT2D eigenvalue weighted by atomic mass is 10.2. The highest BCUT2D eigenvalue weighted by Gasteiger charge is 2.27. The number of carbonyl (C=O) groups excluding carboxylic acids is 1. The molecule has 0 spiro atoms. The van der Waals surface area contributed by atoms with Crippen LogP contribution in [0.2, 0.25) is 0 Å². The second-order valence-corrected chi connectivity index (χ2v) is 2.89. The first kappa shape index (κ1) is 8.49. The molecule has 64 valence electrons. The number of carbonyl (C=O) groups is 1. The molecule has 4 heteroatoms. The van der Waals surface area contributed by atoms with Crippen LogP contribution < -0.4 is 11.5 Å². The molecule has 1 atom stereocenters. The van der Waals surface area contributed by atoms with Crippen LogP contribution in [0, 0.1) is 0 Å². The van der Waals surface area contributed by atoms with Crippen LogP contribution in [0.1, 0.15) is 12.8 Å². The molecule has 0 radical (unpaired) electrons. The van der Waals surface area contributed by atoms with Gasteiger partial charge in [0, 0.05) is 13.1 Å². The molecule has 1 heterocycles. The first-order valence-electron chi connectivity index (χ1n) is 3.99. The zero-order valence-corrected chi connectivity index (χ0v) is 6.62. The highest BCUT2D eigenvalue weighted by atomic mass is 16.1. The minimum atomic E-state index is -0.212. The van der Waals surface area contributed by atoms with Crippen molar-refractivity contribution in [3.63, 3.8) is 0 Å². The topological polar surface area (TPSA) is 72.3 Å². The van der Waals surface area contributed by atoms with E-state index in [1.54, 1.807) is 0 Å². The Morgan fingerprint density at radius 1 is 1.64 bits per heavy atom. The third-order valence-corrected chi connectivity index (χ3v) is 2.11. The monoisotopic (exact) mass is 157 g/mol. The number of rotatable bonds is 3. The Labute approximate surface area is 66.5 Å². The predicted molar refractivity (Wildman–Crippen MR) is 42.8 cm³/mol. The molecule has 1 aliphatic rings. The van der Waals surface area contributed by atoms with Crippen molar-refractivity contribution in [3.05, 3.63) is 0 Å². The van der Waals surface area contributed by atoms with Crippen molar-refractivity contribution in [2.75, 3.05) is 19.6 Å². The fraction of sp³-hybridized carbons (Fsp3) is 0.857. The maximum atomic E-state index is 10.8. The summed E-state index contributed by atoms with van der Waals surface area (Å²) in [5.74, 6) is -0.212. The molecule has 1 fully saturated rings. The van der Waals surface area contributed by atoms with Crippen LogP contribution in [-0.4, -0.2) is 36.5 Å². The van der Waals surface area contributed by atoms with E-state index in [4.69, 9.17) is 11.5 Å². The molecule has 0 aromatic carbocycles. The highest BCUT2D eigenvalue weighted by Crippen LogP contribution is 2.15. The van der Waals surface area contributed by atoms with E-state index >= 15 is 0 Å². The Balaban J connectivity index is 2.44. The maximum absolute atomic E-state index is 10.8. The highest BCUT2D eigenvalue weighted by molar-refractivity contribution is 5.80. The van der Waals surface area contributed by atoms with Gasteiger partial charge in [-0.05, 0) is 19.4 Å². The SMILES string of the molecule is NCCN1CCC[C@H]1C(N)=O. The number of likely N-dealkylation sites (tertiary alicyclic amines) is 1. The fourth-order valence-electron chi connectivity index (χ4n) is 1.58. The summed E-state index contributed by atoms with van der Waals surface area (Å²) in [6.07, 6.45) is 1.96. The summed E-state index contributed by atoms with van der Waals surface area (Å²) in [6, 6.07) is -0.0569. The largest absolute Gasteiger partial charge is 0.368 e. The average molecular weight is 157 g/mol. The number of hydrogen-bond acceptors (Lipinski definition) is 3. The molecule has 4 N–H and O–H groups in total. The van der Waals surface area contributed by atoms with Crippen LogP contribution in [0.5, 0.6) is 0 Å². The molecule has 1 rings (SSSR count). The Morgan fingerprint density at radius 3 is 2.91 bits per heavy atom. The number of amides is 1. The zero-order valence-electron chi connectivity index (χ0n) is 6.62. The summed E-state index contributed by atoms with van der Waals surface area (Å²) in [5.41, 5.74) is 10.6. The summed E-state index contributed by atoms with van der Waals surface area (Å²) in [5, 5.41) is 0. The maximum Gasteiger partial charge on any atom is 0.234 e. The number of nitrogens with two attached hydrogens (primary N) is 2. The Hall–Kier alpha value is -0.610. The van der Waals surface area contributed by atoms with E-state index in [1.807, 2.05) is 0 Å². The van der Waals surface area contributed by atoms with Crippen LogP contribution in [0.4, 0.5) is 0 Å². The summed E-state index contributed by atoms with van der Waals surface area (Å²) in [6.45, 7) is 2.35. The van der Waals surface area contributed by atoms with E-state index in [-0.39, 0.29) is 11.9 Å². The summed E-state index contributed by atoms with van der Waals surface area (Å²) in [4.78, 5) is 12.9. The Morgan fingerprint density at radius 2 is 2.36 bits per heavy atom. The molecule has 11 heavy (non-hydrogen) atoms. The molecule has 4 nitrogen and oxygen atoms in total. The van der Waals surface area contributed by atoms with Crippen molar-refractivity contribution in [2.45, 2.75) is 18.9 Å². The van der Waals surface area contributed by atoms with Gasteiger partial charge in [0.2, 0.25) is 5.91 Å². The molecule has 0 saturated carbocycles. The first-order valence-corrected chi connectivity index (χ1v) is 3.99. The number of primary amides is 1. The van der Waals surface area contributed by atoms with Gasteiger partial charge in [-0.2, -0.15) is 0 Å². The van der Waals surface area contributed by atoms with Gasteiger partial charge < -0.3 is 11.5 Å². The van der Waals surface area contributed by atoms with Gasteiger partial charge in [-0.3, -0.25) is 9.69 Å². The van der Waals surface area contributed by atoms with Gasteiger partial charge in [0.15, 0.2) is 0 Å². The smallest absolute Gasteiger partial charge is 0.234 e. The second-order valence-electron chi connectivity index (χ2n) is 2.89. The van der Waals surface area contributed by atoms with Crippen LogP contribution in [0.25, 0.3) is 0 Å². The van der Waals surface area contributed by atoms with Gasteiger partial charge in [0.25, 0.3) is 0 Å². The lowest BCUT2D eigenvalue weighted by Crippen LogP contribution is -2.42. The third kappa shape index (κ3) is 1.91. The van der Waals surface area contributed by atoms with Crippen molar-refractivity contribution in [2.24, 2.45) is 11.5 Å². The van der Waals surface area contributed by atoms with Gasteiger partial charge in [0.05, 0.1) is 6.04 Å². The zero-order chi connectivity index (χ0) is 8.27. The lowest BCUT2D eigenvalue weighted by molar-refractivity contribution is -0.122. The quantitative estimate of drug-likeness (QED) is 0.546. The number of nitrogens with zero attached hydrogens (tertiary/aromatic N) is 1. The van der Waals surface area contributed by atoms with Crippen LogP contribution in [0.15, 0.2) is 0 Å². The van der Waals surface area contributed by atoms with E-state index in [2.05, 4.69) is 4.90 Å². The number of hydrogen-bond donors (Lipinski definition) is 2. The van der Waals surface area contributed by atoms with Crippen molar-refractivity contribution in [3.8, 4) is 0 Å². The van der Waals surface area contributed by atoms with Crippen LogP contribution >= 0.6 is 0 Å². The summed E-state index contributed by atoms with van der Waals surface area (Å²) < 4.78 is 0. The summed E-state index contributed by atoms with van der Waals surface area (Å²) in [7, 11) is 0. The van der Waals surface area contributed by atoms with Crippen LogP contribution in [-0.2, 0) is 4.79 Å². The molecule has 1 aliphatic heterocycles. The van der Waals surface area contributed by atoms with E-state index in [0.717, 1.165) is 25.9 Å². The minimum absolute atomic E-state index is 0.0569. The van der Waals surface area contributed by atoms with Gasteiger partial charge in [0.1, 0.15) is 0 Å². The normalized spacial score (nSPS) is 25.7. The Kier molecular flexibility index (Phi) is 2.84. The van der Waals surface area contributed by atoms with E-state index in [1.165, 1.54) is 0 Å². The van der Waals surface area contributed by atoms with Crippen molar-refractivity contribution in [1.29, 1.82) is 0 Å². The molecule has 0 aromatic rings. The predicted octanol–water partition coefficient (Wildman–Crippen LogP) is -1.11. The molecular weight excluding hydrogens is 142 g/mol. The minimum Gasteiger partial charge on any atom is -0.368 e. The van der Waals surface area contributed by atoms with E-state index < -0.39 is 0 Å². The van der Waals surface area contributed by atoms with Gasteiger partial charge >= 0.3 is 0 Å². The Bertz CT molecular complexity index is 149. The second kappa shape index (κ2) is 3.69. The van der Waals surface area contributed by atoms with Crippen molar-refractivity contribution < 1.29 is 4.79 Å². The fourth-order valence-corrected chi connectivity index (χ4v) is 1.58. The molecule has 0 unspecified atom stereocenters. The lowest BCUT2D eigenvalue weighted by Gasteiger charge is -2.20. The standard InChI is InChI=1S/C7H15N3O/c8-3-5-10-4-1-2-6(10)7(9)11/h6H,1-5,8H2,(H2,9,11)/t6-/m0/s1. The third-order valence-electron chi connectivity index (χ3n) is 2.11. The van der Waals surface area contributed by atoms with Crippen molar-refractivity contribution in [1.82, 2.24) is 4.90 Å². The van der Waals surface area contributed by atoms with Crippen LogP contribution in [0.3, 0.4) is 0 Å². The molecule has 0 aliphatic carbocycles. The van der Waals surface area contributed by atoms with Gasteiger partial charge in [-0.15, -0.1) is 0 Å². The molecular formula is C7H15N3O. The molecule has 1 saturated heterocycles. The average Bonchev–Trinajstić information content (AvgIpc) is 2.36. The molecule has 0 bridgehead atoms. The summed E-state index contributed by atoms with van der Waals surface area (Å²) >= 11 is 0. The van der Waals surface area contributed by atoms with E-state index in [0.29, 0.717) is 6.54 Å². The van der Waals surface area contributed by atoms with Crippen molar-refractivity contribution >= 4 is 5.91 Å². The molecule has 0 aromatic heterocycles. The molecule has 1 amide bonds. The first-order chi connectivity index (χ1) is 5.25.